The zero-order valence-electron chi connectivity index (χ0n) is 7.40. The fourth-order valence-electron chi connectivity index (χ4n) is 0.882. The lowest BCUT2D eigenvalue weighted by atomic mass is 10.0. The highest BCUT2D eigenvalue weighted by molar-refractivity contribution is 5.83. The van der Waals surface area contributed by atoms with Crippen LogP contribution in [0.1, 0.15) is 26.7 Å². The second kappa shape index (κ2) is 5.24. The van der Waals surface area contributed by atoms with Crippen LogP contribution in [-0.4, -0.2) is 39.4 Å². The monoisotopic (exact) mass is 176 g/mol. The van der Waals surface area contributed by atoms with E-state index in [2.05, 4.69) is 0 Å². The van der Waals surface area contributed by atoms with Crippen LogP contribution in [0.2, 0.25) is 0 Å². The molecule has 0 heterocycles. The van der Waals surface area contributed by atoms with E-state index in [9.17, 15) is 4.79 Å². The van der Waals surface area contributed by atoms with Crippen molar-refractivity contribution in [1.82, 2.24) is 0 Å². The number of aliphatic hydroxyl groups excluding tert-OH is 3. The number of carbonyl (C=O) groups excluding carboxylic acids is 1. The minimum absolute atomic E-state index is 0.0333. The van der Waals surface area contributed by atoms with Crippen molar-refractivity contribution in [1.29, 1.82) is 0 Å². The van der Waals surface area contributed by atoms with Crippen molar-refractivity contribution in [2.75, 3.05) is 0 Å². The van der Waals surface area contributed by atoms with Crippen LogP contribution in [-0.2, 0) is 4.79 Å². The van der Waals surface area contributed by atoms with Crippen LogP contribution < -0.4 is 0 Å². The molecule has 0 aromatic carbocycles. The first-order chi connectivity index (χ1) is 5.43. The molecule has 0 aliphatic carbocycles. The summed E-state index contributed by atoms with van der Waals surface area (Å²) in [5.41, 5.74) is 0. The molecule has 4 nitrogen and oxygen atoms in total. The van der Waals surface area contributed by atoms with Crippen molar-refractivity contribution in [3.63, 3.8) is 0 Å². The summed E-state index contributed by atoms with van der Waals surface area (Å²) < 4.78 is 0. The predicted molar refractivity (Wildman–Crippen MR) is 43.6 cm³/mol. The molecular formula is C8H16O4. The maximum atomic E-state index is 11.0. The van der Waals surface area contributed by atoms with Gasteiger partial charge in [0.25, 0.3) is 0 Å². The first-order valence-corrected chi connectivity index (χ1v) is 4.00. The molecule has 0 rings (SSSR count). The molecule has 0 saturated heterocycles. The number of carbonyl (C=O) groups is 1. The summed E-state index contributed by atoms with van der Waals surface area (Å²) in [6.07, 6.45) is -2.61. The second-order valence-corrected chi connectivity index (χ2v) is 3.12. The average Bonchev–Trinajstić information content (AvgIpc) is 1.84. The zero-order chi connectivity index (χ0) is 9.72. The van der Waals surface area contributed by atoms with E-state index < -0.39 is 24.1 Å². The summed E-state index contributed by atoms with van der Waals surface area (Å²) in [4.78, 5) is 11.0. The van der Waals surface area contributed by atoms with E-state index >= 15 is 0 Å². The number of aliphatic hydroxyl groups is 3. The van der Waals surface area contributed by atoms with Gasteiger partial charge in [0.05, 0.1) is 12.2 Å². The third-order valence-corrected chi connectivity index (χ3v) is 1.43. The van der Waals surface area contributed by atoms with E-state index in [1.165, 1.54) is 13.8 Å². The van der Waals surface area contributed by atoms with Crippen molar-refractivity contribution in [2.45, 2.75) is 45.0 Å². The Bertz CT molecular complexity index is 142. The molecule has 0 saturated carbocycles. The molecule has 0 aliphatic heterocycles. The SMILES string of the molecule is CC(O)CC(=O)C(O)CC(C)O. The third-order valence-electron chi connectivity index (χ3n) is 1.43. The molecule has 0 radical (unpaired) electrons. The summed E-state index contributed by atoms with van der Waals surface area (Å²) in [6.45, 7) is 2.98. The average molecular weight is 176 g/mol. The van der Waals surface area contributed by atoms with Gasteiger partial charge in [0.15, 0.2) is 5.78 Å². The maximum absolute atomic E-state index is 11.0. The summed E-state index contributed by atoms with van der Waals surface area (Å²) in [5, 5.41) is 26.8. The lowest BCUT2D eigenvalue weighted by Crippen LogP contribution is -2.27. The van der Waals surface area contributed by atoms with Gasteiger partial charge in [0, 0.05) is 12.8 Å². The molecule has 0 spiro atoms. The summed E-state index contributed by atoms with van der Waals surface area (Å²) >= 11 is 0. The fraction of sp³-hybridized carbons (Fsp3) is 0.875. The van der Waals surface area contributed by atoms with E-state index in [1.807, 2.05) is 0 Å². The zero-order valence-corrected chi connectivity index (χ0v) is 7.40. The normalized spacial score (nSPS) is 18.4. The lowest BCUT2D eigenvalue weighted by molar-refractivity contribution is -0.130. The first kappa shape index (κ1) is 11.6. The van der Waals surface area contributed by atoms with Crippen LogP contribution in [0.25, 0.3) is 0 Å². The van der Waals surface area contributed by atoms with Crippen molar-refractivity contribution >= 4 is 5.78 Å². The highest BCUT2D eigenvalue weighted by Gasteiger charge is 2.18. The maximum Gasteiger partial charge on any atom is 0.163 e. The molecule has 0 bridgehead atoms. The molecule has 0 amide bonds. The molecule has 4 heteroatoms. The Hall–Kier alpha value is -0.450. The molecule has 3 unspecified atom stereocenters. The summed E-state index contributed by atoms with van der Waals surface area (Å²) in [5.74, 6) is -0.425. The summed E-state index contributed by atoms with van der Waals surface area (Å²) in [7, 11) is 0. The van der Waals surface area contributed by atoms with E-state index in [1.54, 1.807) is 0 Å². The highest BCUT2D eigenvalue weighted by Crippen LogP contribution is 2.03. The number of hydrogen-bond donors (Lipinski definition) is 3. The number of hydrogen-bond acceptors (Lipinski definition) is 4. The predicted octanol–water partition coefficient (Wildman–Crippen LogP) is -0.542. The van der Waals surface area contributed by atoms with Crippen LogP contribution in [0.3, 0.4) is 0 Å². The van der Waals surface area contributed by atoms with Crippen LogP contribution >= 0.6 is 0 Å². The van der Waals surface area contributed by atoms with Crippen molar-refractivity contribution in [3.8, 4) is 0 Å². The van der Waals surface area contributed by atoms with Crippen LogP contribution in [0.15, 0.2) is 0 Å². The van der Waals surface area contributed by atoms with E-state index in [4.69, 9.17) is 15.3 Å². The van der Waals surface area contributed by atoms with Crippen molar-refractivity contribution in [3.05, 3.63) is 0 Å². The fourth-order valence-corrected chi connectivity index (χ4v) is 0.882. The molecule has 12 heavy (non-hydrogen) atoms. The Balaban J connectivity index is 3.77. The van der Waals surface area contributed by atoms with Gasteiger partial charge in [0.1, 0.15) is 6.10 Å². The quantitative estimate of drug-likeness (QED) is 0.525. The van der Waals surface area contributed by atoms with Gasteiger partial charge < -0.3 is 15.3 Å². The van der Waals surface area contributed by atoms with Crippen LogP contribution in [0.5, 0.6) is 0 Å². The number of rotatable bonds is 5. The molecule has 72 valence electrons. The van der Waals surface area contributed by atoms with E-state index in [0.29, 0.717) is 0 Å². The van der Waals surface area contributed by atoms with Gasteiger partial charge in [-0.15, -0.1) is 0 Å². The Kier molecular flexibility index (Phi) is 5.04. The van der Waals surface area contributed by atoms with Gasteiger partial charge in [-0.25, -0.2) is 0 Å². The third kappa shape index (κ3) is 5.23. The number of Topliss-reactive ketones (excluding diaryl/α,β-unsaturated/α-hetero) is 1. The minimum atomic E-state index is -1.15. The molecule has 0 aromatic rings. The van der Waals surface area contributed by atoms with Crippen LogP contribution in [0.4, 0.5) is 0 Å². The van der Waals surface area contributed by atoms with Gasteiger partial charge in [-0.05, 0) is 13.8 Å². The van der Waals surface area contributed by atoms with Crippen LogP contribution in [0, 0.1) is 0 Å². The molecular weight excluding hydrogens is 160 g/mol. The topological polar surface area (TPSA) is 77.8 Å². The molecule has 3 atom stereocenters. The van der Waals surface area contributed by atoms with E-state index in [0.717, 1.165) is 0 Å². The molecule has 3 N–H and O–H groups in total. The van der Waals surface area contributed by atoms with Gasteiger partial charge in [-0.3, -0.25) is 4.79 Å². The van der Waals surface area contributed by atoms with Gasteiger partial charge in [-0.1, -0.05) is 0 Å². The second-order valence-electron chi connectivity index (χ2n) is 3.12. The molecule has 0 aliphatic rings. The lowest BCUT2D eigenvalue weighted by Gasteiger charge is -2.11. The Morgan fingerprint density at radius 1 is 1.17 bits per heavy atom. The Labute approximate surface area is 71.8 Å². The molecule has 0 aromatic heterocycles. The molecule has 0 fully saturated rings. The van der Waals surface area contributed by atoms with E-state index in [-0.39, 0.29) is 12.8 Å². The van der Waals surface area contributed by atoms with Crippen molar-refractivity contribution < 1.29 is 20.1 Å². The Morgan fingerprint density at radius 3 is 2.00 bits per heavy atom. The Morgan fingerprint density at radius 2 is 1.67 bits per heavy atom. The van der Waals surface area contributed by atoms with Crippen molar-refractivity contribution in [2.24, 2.45) is 0 Å². The van der Waals surface area contributed by atoms with Gasteiger partial charge in [0.2, 0.25) is 0 Å². The highest BCUT2D eigenvalue weighted by atomic mass is 16.3. The first-order valence-electron chi connectivity index (χ1n) is 4.00. The minimum Gasteiger partial charge on any atom is -0.393 e. The number of ketones is 1. The largest absolute Gasteiger partial charge is 0.393 e. The van der Waals surface area contributed by atoms with Gasteiger partial charge >= 0.3 is 0 Å². The summed E-state index contributed by atoms with van der Waals surface area (Å²) in [6, 6.07) is 0. The smallest absolute Gasteiger partial charge is 0.163 e. The standard InChI is InChI=1S/C8H16O4/c1-5(9)3-7(11)8(12)4-6(2)10/h5-7,9-11H,3-4H2,1-2H3. The van der Waals surface area contributed by atoms with Gasteiger partial charge in [-0.2, -0.15) is 0 Å².